The molecule has 1 aromatic carbocycles. The number of rotatable bonds is 12. The molecule has 0 spiro atoms. The molecule has 3 aromatic rings. The maximum atomic E-state index is 13.8. The second-order valence-electron chi connectivity index (χ2n) is 9.61. The van der Waals surface area contributed by atoms with Gasteiger partial charge < -0.3 is 19.5 Å². The van der Waals surface area contributed by atoms with E-state index in [0.29, 0.717) is 30.2 Å². The number of halogens is 1. The van der Waals surface area contributed by atoms with Gasteiger partial charge in [0.1, 0.15) is 24.2 Å². The Morgan fingerprint density at radius 3 is 2.45 bits per heavy atom. The predicted octanol–water partition coefficient (Wildman–Crippen LogP) is 3.35. The Balaban J connectivity index is 1.62. The molecule has 1 aliphatic carbocycles. The van der Waals surface area contributed by atoms with Crippen LogP contribution in [-0.2, 0) is 16.1 Å². The molecule has 0 bridgehead atoms. The lowest BCUT2D eigenvalue weighted by Crippen LogP contribution is -2.49. The van der Waals surface area contributed by atoms with E-state index in [1.54, 1.807) is 29.2 Å². The molecule has 204 valence electrons. The second-order valence-corrected chi connectivity index (χ2v) is 9.61. The SMILES string of the molecule is CCN(CC)CCN(C(=O)Cn1nnc(-c2ccc(C)o2)n1)[C@H](C(=O)NC1CCCC1)c1ccc(F)cc1. The highest BCUT2D eigenvalue weighted by Crippen LogP contribution is 2.25. The van der Waals surface area contributed by atoms with E-state index in [1.807, 2.05) is 6.92 Å². The van der Waals surface area contributed by atoms with Crippen LogP contribution >= 0.6 is 0 Å². The van der Waals surface area contributed by atoms with E-state index in [2.05, 4.69) is 39.5 Å². The third kappa shape index (κ3) is 6.83. The zero-order chi connectivity index (χ0) is 27.1. The largest absolute Gasteiger partial charge is 0.458 e. The summed E-state index contributed by atoms with van der Waals surface area (Å²) in [6.07, 6.45) is 3.94. The molecule has 0 radical (unpaired) electrons. The monoisotopic (exact) mass is 525 g/mol. The molecule has 1 N–H and O–H groups in total. The Morgan fingerprint density at radius 2 is 1.82 bits per heavy atom. The van der Waals surface area contributed by atoms with Crippen molar-refractivity contribution in [3.63, 3.8) is 0 Å². The van der Waals surface area contributed by atoms with Crippen molar-refractivity contribution >= 4 is 11.8 Å². The van der Waals surface area contributed by atoms with Crippen LogP contribution in [0.2, 0.25) is 0 Å². The van der Waals surface area contributed by atoms with Crippen LogP contribution in [0.3, 0.4) is 0 Å². The third-order valence-electron chi connectivity index (χ3n) is 7.01. The number of carbonyl (C=O) groups is 2. The molecule has 4 rings (SSSR count). The van der Waals surface area contributed by atoms with Gasteiger partial charge in [0, 0.05) is 19.1 Å². The summed E-state index contributed by atoms with van der Waals surface area (Å²) in [6, 6.07) is 8.45. The molecule has 1 atom stereocenters. The van der Waals surface area contributed by atoms with Gasteiger partial charge in [-0.2, -0.15) is 4.80 Å². The van der Waals surface area contributed by atoms with E-state index in [0.717, 1.165) is 38.8 Å². The Labute approximate surface area is 222 Å². The molecular weight excluding hydrogens is 489 g/mol. The maximum Gasteiger partial charge on any atom is 0.247 e. The molecule has 1 saturated carbocycles. The Morgan fingerprint density at radius 1 is 1.11 bits per heavy atom. The quantitative estimate of drug-likeness (QED) is 0.386. The van der Waals surface area contributed by atoms with Crippen molar-refractivity contribution in [1.29, 1.82) is 0 Å². The van der Waals surface area contributed by atoms with Crippen LogP contribution in [0.15, 0.2) is 40.8 Å². The number of hydrogen-bond acceptors (Lipinski definition) is 7. The Kier molecular flexibility index (Phi) is 9.22. The highest BCUT2D eigenvalue weighted by molar-refractivity contribution is 5.89. The minimum Gasteiger partial charge on any atom is -0.458 e. The highest BCUT2D eigenvalue weighted by atomic mass is 19.1. The summed E-state index contributed by atoms with van der Waals surface area (Å²) in [5.41, 5.74) is 0.549. The van der Waals surface area contributed by atoms with Gasteiger partial charge in [-0.15, -0.1) is 10.2 Å². The van der Waals surface area contributed by atoms with E-state index in [4.69, 9.17) is 4.42 Å². The van der Waals surface area contributed by atoms with Gasteiger partial charge in [-0.1, -0.05) is 38.8 Å². The molecule has 2 aromatic heterocycles. The maximum absolute atomic E-state index is 13.8. The van der Waals surface area contributed by atoms with Crippen LogP contribution in [0.25, 0.3) is 11.6 Å². The summed E-state index contributed by atoms with van der Waals surface area (Å²) in [5.74, 6) is 0.430. The number of aromatic nitrogens is 4. The number of aryl methyl sites for hydroxylation is 1. The average Bonchev–Trinajstić information content (AvgIpc) is 3.67. The standard InChI is InChI=1S/C27H36FN7O3/c1-4-33(5-2)16-17-34(24(36)18-35-31-26(30-32-35)23-15-10-19(3)38-23)25(20-11-13-21(28)14-12-20)27(37)29-22-8-6-7-9-22/h10-15,22,25H,4-9,16-18H2,1-3H3,(H,29,37)/t25-/m0/s1. The van der Waals surface area contributed by atoms with Crippen molar-refractivity contribution in [1.82, 2.24) is 35.3 Å². The number of likely N-dealkylation sites (N-methyl/N-ethyl adjacent to an activating group) is 1. The molecule has 2 heterocycles. The number of nitrogens with one attached hydrogen (secondary N) is 1. The first-order valence-corrected chi connectivity index (χ1v) is 13.3. The lowest BCUT2D eigenvalue weighted by molar-refractivity contribution is -0.142. The molecule has 0 unspecified atom stereocenters. The summed E-state index contributed by atoms with van der Waals surface area (Å²) in [7, 11) is 0. The van der Waals surface area contributed by atoms with Gasteiger partial charge in [-0.25, -0.2) is 4.39 Å². The van der Waals surface area contributed by atoms with E-state index in [9.17, 15) is 14.0 Å². The van der Waals surface area contributed by atoms with Crippen LogP contribution in [0, 0.1) is 12.7 Å². The smallest absolute Gasteiger partial charge is 0.247 e. The predicted molar refractivity (Wildman–Crippen MR) is 139 cm³/mol. The molecule has 11 heteroatoms. The van der Waals surface area contributed by atoms with Crippen molar-refractivity contribution in [2.45, 2.75) is 65.1 Å². The Hall–Kier alpha value is -3.60. The molecule has 0 saturated heterocycles. The minimum atomic E-state index is -0.921. The van der Waals surface area contributed by atoms with E-state index in [1.165, 1.54) is 16.9 Å². The van der Waals surface area contributed by atoms with E-state index in [-0.39, 0.29) is 30.2 Å². The van der Waals surface area contributed by atoms with Gasteiger partial charge in [-0.05, 0) is 67.9 Å². The summed E-state index contributed by atoms with van der Waals surface area (Å²) in [4.78, 5) is 32.4. The molecule has 1 fully saturated rings. The Bertz CT molecular complexity index is 1200. The minimum absolute atomic E-state index is 0.0708. The molecule has 10 nitrogen and oxygen atoms in total. The van der Waals surface area contributed by atoms with Gasteiger partial charge in [-0.3, -0.25) is 9.59 Å². The topological polar surface area (TPSA) is 109 Å². The molecule has 38 heavy (non-hydrogen) atoms. The highest BCUT2D eigenvalue weighted by Gasteiger charge is 2.33. The normalized spacial score (nSPS) is 14.7. The van der Waals surface area contributed by atoms with Gasteiger partial charge in [0.05, 0.1) is 0 Å². The van der Waals surface area contributed by atoms with Crippen molar-refractivity contribution in [2.24, 2.45) is 0 Å². The van der Waals surface area contributed by atoms with E-state index < -0.39 is 11.9 Å². The number of hydrogen-bond donors (Lipinski definition) is 1. The van der Waals surface area contributed by atoms with Crippen LogP contribution < -0.4 is 5.32 Å². The van der Waals surface area contributed by atoms with Crippen molar-refractivity contribution in [3.8, 4) is 11.6 Å². The number of nitrogens with zero attached hydrogens (tertiary/aromatic N) is 6. The van der Waals surface area contributed by atoms with Gasteiger partial charge in [0.2, 0.25) is 17.6 Å². The van der Waals surface area contributed by atoms with Crippen LogP contribution in [-0.4, -0.2) is 74.0 Å². The number of benzene rings is 1. The van der Waals surface area contributed by atoms with Crippen LogP contribution in [0.1, 0.15) is 56.9 Å². The first-order chi connectivity index (χ1) is 18.4. The van der Waals surface area contributed by atoms with Crippen molar-refractivity contribution in [2.75, 3.05) is 26.2 Å². The average molecular weight is 526 g/mol. The first kappa shape index (κ1) is 27.4. The fourth-order valence-electron chi connectivity index (χ4n) is 4.83. The molecule has 0 aliphatic heterocycles. The van der Waals surface area contributed by atoms with Gasteiger partial charge in [0.15, 0.2) is 5.76 Å². The fourth-order valence-corrected chi connectivity index (χ4v) is 4.83. The van der Waals surface area contributed by atoms with Crippen LogP contribution in [0.4, 0.5) is 4.39 Å². The van der Waals surface area contributed by atoms with Gasteiger partial charge >= 0.3 is 0 Å². The summed E-state index contributed by atoms with van der Waals surface area (Å²) in [6.45, 7) is 8.22. The van der Waals surface area contributed by atoms with E-state index >= 15 is 0 Å². The lowest BCUT2D eigenvalue weighted by atomic mass is 10.0. The van der Waals surface area contributed by atoms with Crippen molar-refractivity contribution in [3.05, 3.63) is 53.5 Å². The summed E-state index contributed by atoms with van der Waals surface area (Å²) < 4.78 is 19.4. The fraction of sp³-hybridized carbons (Fsp3) is 0.519. The molecule has 2 amide bonds. The second kappa shape index (κ2) is 12.8. The van der Waals surface area contributed by atoms with Crippen LogP contribution in [0.5, 0.6) is 0 Å². The number of carbonyl (C=O) groups excluding carboxylic acids is 2. The first-order valence-electron chi connectivity index (χ1n) is 13.3. The lowest BCUT2D eigenvalue weighted by Gasteiger charge is -2.33. The summed E-state index contributed by atoms with van der Waals surface area (Å²) >= 11 is 0. The number of tetrazole rings is 1. The summed E-state index contributed by atoms with van der Waals surface area (Å²) in [5, 5.41) is 15.5. The third-order valence-corrected chi connectivity index (χ3v) is 7.01. The molecular formula is C27H36FN7O3. The number of amides is 2. The van der Waals surface area contributed by atoms with Gasteiger partial charge in [0.25, 0.3) is 0 Å². The number of furan rings is 1. The zero-order valence-electron chi connectivity index (χ0n) is 22.3. The zero-order valence-corrected chi connectivity index (χ0v) is 22.3. The molecule has 1 aliphatic rings. The van der Waals surface area contributed by atoms with Crippen molar-refractivity contribution < 1.29 is 18.4 Å².